The molecular weight excluding hydrogens is 407 g/mol. The molecule has 32 heavy (non-hydrogen) atoms. The Kier molecular flexibility index (Phi) is 5.60. The average molecular weight is 442 g/mol. The van der Waals surface area contributed by atoms with E-state index in [9.17, 15) is 14.7 Å². The van der Waals surface area contributed by atoms with Crippen LogP contribution in [0, 0.1) is 5.92 Å². The summed E-state index contributed by atoms with van der Waals surface area (Å²) in [6.45, 7) is 13.9. The van der Waals surface area contributed by atoms with Crippen molar-refractivity contribution in [2.75, 3.05) is 0 Å². The summed E-state index contributed by atoms with van der Waals surface area (Å²) in [4.78, 5) is 26.7. The minimum absolute atomic E-state index is 0.127. The first kappa shape index (κ1) is 23.4. The number of hydrazine groups is 1. The number of rotatable bonds is 7. The number of amides is 2. The molecule has 0 radical (unpaired) electrons. The zero-order valence-electron chi connectivity index (χ0n) is 20.2. The van der Waals surface area contributed by atoms with Crippen LogP contribution in [0.4, 0.5) is 0 Å². The largest absolute Gasteiger partial charge is 0.486 e. The molecule has 3 aliphatic heterocycles. The Labute approximate surface area is 191 Å². The van der Waals surface area contributed by atoms with E-state index in [1.807, 2.05) is 41.5 Å². The lowest BCUT2D eigenvalue weighted by atomic mass is 9.62. The van der Waals surface area contributed by atoms with Crippen molar-refractivity contribution >= 4 is 18.9 Å². The van der Waals surface area contributed by atoms with E-state index in [-0.39, 0.29) is 23.8 Å². The van der Waals surface area contributed by atoms with Crippen molar-refractivity contribution < 1.29 is 24.0 Å². The van der Waals surface area contributed by atoms with Gasteiger partial charge in [-0.2, -0.15) is 5.01 Å². The second-order valence-corrected chi connectivity index (χ2v) is 10.6. The molecule has 8 heteroatoms. The number of aliphatic hydroxyl groups is 1. The maximum absolute atomic E-state index is 13.4. The van der Waals surface area contributed by atoms with Crippen molar-refractivity contribution in [2.45, 2.75) is 96.5 Å². The van der Waals surface area contributed by atoms with Crippen molar-refractivity contribution in [3.8, 4) is 0 Å². The number of carbonyl (C=O) groups is 2. The molecule has 0 aliphatic carbocycles. The van der Waals surface area contributed by atoms with Gasteiger partial charge < -0.3 is 14.4 Å². The van der Waals surface area contributed by atoms with Gasteiger partial charge in [-0.1, -0.05) is 45.7 Å². The standard InChI is InChI=1S/C24H35BN2O5/c1-8-9-14-18-24(19(28)15(2)3,25-31-22(4,5)23(6,7)32-25)27(18)26-20(29)16-12-10-11-13-17(16)21(26)30/h10-13,15,18-19,28H,8-9,14H2,1-7H3/t18-,19-,24-,27?/m1/s1. The van der Waals surface area contributed by atoms with Gasteiger partial charge in [-0.3, -0.25) is 9.59 Å². The van der Waals surface area contributed by atoms with Crippen LogP contribution in [0.2, 0.25) is 0 Å². The summed E-state index contributed by atoms with van der Waals surface area (Å²) in [7, 11) is -0.781. The molecule has 3 aliphatic rings. The lowest BCUT2D eigenvalue weighted by Crippen LogP contribution is -2.56. The highest BCUT2D eigenvalue weighted by atomic mass is 16.7. The first-order valence-corrected chi connectivity index (χ1v) is 11.7. The molecule has 7 nitrogen and oxygen atoms in total. The van der Waals surface area contributed by atoms with Gasteiger partial charge in [0.2, 0.25) is 0 Å². The second-order valence-electron chi connectivity index (χ2n) is 10.6. The summed E-state index contributed by atoms with van der Waals surface area (Å²) in [5, 5.41) is 14.5. The lowest BCUT2D eigenvalue weighted by molar-refractivity contribution is 0.00578. The Hall–Kier alpha value is -1.74. The molecule has 1 aromatic rings. The van der Waals surface area contributed by atoms with Crippen molar-refractivity contribution in [1.82, 2.24) is 10.0 Å². The number of aliphatic hydroxyl groups excluding tert-OH is 1. The fraction of sp³-hybridized carbons (Fsp3) is 0.667. The predicted molar refractivity (Wildman–Crippen MR) is 122 cm³/mol. The molecule has 2 fully saturated rings. The van der Waals surface area contributed by atoms with E-state index in [0.717, 1.165) is 19.3 Å². The molecule has 0 aromatic heterocycles. The second kappa shape index (κ2) is 7.65. The molecule has 0 spiro atoms. The number of hydrogen-bond acceptors (Lipinski definition) is 6. The Morgan fingerprint density at radius 1 is 1.03 bits per heavy atom. The number of benzene rings is 1. The molecule has 1 aromatic carbocycles. The predicted octanol–water partition coefficient (Wildman–Crippen LogP) is 3.46. The van der Waals surface area contributed by atoms with Gasteiger partial charge in [0, 0.05) is 0 Å². The topological polar surface area (TPSA) is 79.1 Å². The van der Waals surface area contributed by atoms with Crippen molar-refractivity contribution in [1.29, 1.82) is 0 Å². The molecular formula is C24H35BN2O5. The SMILES string of the molecule is CCCC[C@H]1N(N2C(=O)c3ccccc3C2=O)[C@@]1(B1OC(C)(C)C(C)(C)O1)[C@H](O)C(C)C. The van der Waals surface area contributed by atoms with Crippen molar-refractivity contribution in [3.63, 3.8) is 0 Å². The normalized spacial score (nSPS) is 31.4. The van der Waals surface area contributed by atoms with Crippen LogP contribution >= 0.6 is 0 Å². The minimum atomic E-state index is -1.03. The lowest BCUT2D eigenvalue weighted by Gasteiger charge is -2.32. The van der Waals surface area contributed by atoms with E-state index in [4.69, 9.17) is 9.31 Å². The Bertz CT molecular complexity index is 882. The summed E-state index contributed by atoms with van der Waals surface area (Å²) >= 11 is 0. The molecule has 3 heterocycles. The average Bonchev–Trinajstić information content (AvgIpc) is 3.22. The van der Waals surface area contributed by atoms with Crippen LogP contribution < -0.4 is 0 Å². The first-order chi connectivity index (χ1) is 14.9. The van der Waals surface area contributed by atoms with Gasteiger partial charge >= 0.3 is 7.12 Å². The smallest absolute Gasteiger partial charge is 0.402 e. The monoisotopic (exact) mass is 442 g/mol. The molecule has 1 N–H and O–H groups in total. The van der Waals surface area contributed by atoms with Gasteiger partial charge in [-0.05, 0) is 52.2 Å². The number of hydrogen-bond donors (Lipinski definition) is 1. The van der Waals surface area contributed by atoms with Crippen LogP contribution in [-0.2, 0) is 9.31 Å². The maximum Gasteiger partial charge on any atom is 0.486 e. The fourth-order valence-electron chi connectivity index (χ4n) is 5.10. The van der Waals surface area contributed by atoms with Gasteiger partial charge in [0.1, 0.15) is 5.44 Å². The molecule has 2 saturated heterocycles. The maximum atomic E-state index is 13.4. The number of nitrogens with zero attached hydrogens (tertiary/aromatic N) is 2. The highest BCUT2D eigenvalue weighted by Gasteiger charge is 2.81. The van der Waals surface area contributed by atoms with E-state index >= 15 is 0 Å². The third-order valence-electron chi connectivity index (χ3n) is 7.71. The van der Waals surface area contributed by atoms with Crippen LogP contribution in [0.5, 0.6) is 0 Å². The Morgan fingerprint density at radius 3 is 1.97 bits per heavy atom. The molecule has 1 unspecified atom stereocenters. The summed E-state index contributed by atoms with van der Waals surface area (Å²) in [6, 6.07) is 6.62. The Morgan fingerprint density at radius 2 is 1.53 bits per heavy atom. The van der Waals surface area contributed by atoms with Crippen LogP contribution in [0.3, 0.4) is 0 Å². The number of unbranched alkanes of at least 4 members (excludes halogenated alkanes) is 1. The molecule has 0 saturated carbocycles. The summed E-state index contributed by atoms with van der Waals surface area (Å²) in [5.41, 5.74) is -1.46. The highest BCUT2D eigenvalue weighted by Crippen LogP contribution is 2.56. The van der Waals surface area contributed by atoms with Crippen LogP contribution in [-0.4, -0.2) is 62.8 Å². The van der Waals surface area contributed by atoms with E-state index in [0.29, 0.717) is 11.1 Å². The van der Waals surface area contributed by atoms with Gasteiger partial charge in [0.25, 0.3) is 11.8 Å². The molecule has 4 rings (SSSR count). The molecule has 0 bridgehead atoms. The number of imide groups is 1. The quantitative estimate of drug-likeness (QED) is 0.396. The van der Waals surface area contributed by atoms with Crippen LogP contribution in [0.25, 0.3) is 0 Å². The molecule has 4 atom stereocenters. The van der Waals surface area contributed by atoms with Crippen molar-refractivity contribution in [3.05, 3.63) is 35.4 Å². The third-order valence-corrected chi connectivity index (χ3v) is 7.71. The number of fused-ring (bicyclic) bond motifs is 1. The fourth-order valence-corrected chi connectivity index (χ4v) is 5.10. The zero-order valence-corrected chi connectivity index (χ0v) is 20.2. The summed E-state index contributed by atoms with van der Waals surface area (Å²) in [6.07, 6.45) is 1.72. The van der Waals surface area contributed by atoms with Gasteiger partial charge in [0.15, 0.2) is 0 Å². The van der Waals surface area contributed by atoms with Gasteiger partial charge in [0.05, 0.1) is 34.5 Å². The van der Waals surface area contributed by atoms with Gasteiger partial charge in [-0.15, -0.1) is 0 Å². The van der Waals surface area contributed by atoms with E-state index in [2.05, 4.69) is 6.92 Å². The summed E-state index contributed by atoms with van der Waals surface area (Å²) < 4.78 is 12.9. The van der Waals surface area contributed by atoms with Gasteiger partial charge in [-0.25, -0.2) is 5.01 Å². The minimum Gasteiger partial charge on any atom is -0.402 e. The van der Waals surface area contributed by atoms with E-state index < -0.39 is 29.9 Å². The number of carbonyl (C=O) groups excluding carboxylic acids is 2. The zero-order chi connectivity index (χ0) is 23.6. The van der Waals surface area contributed by atoms with Crippen LogP contribution in [0.15, 0.2) is 24.3 Å². The molecule has 174 valence electrons. The highest BCUT2D eigenvalue weighted by molar-refractivity contribution is 6.52. The third kappa shape index (κ3) is 3.10. The first-order valence-electron chi connectivity index (χ1n) is 11.7. The van der Waals surface area contributed by atoms with Crippen LogP contribution in [0.1, 0.15) is 88.4 Å². The van der Waals surface area contributed by atoms with Crippen molar-refractivity contribution in [2.24, 2.45) is 5.92 Å². The van der Waals surface area contributed by atoms with E-state index in [1.165, 1.54) is 5.01 Å². The Balaban J connectivity index is 1.80. The summed E-state index contributed by atoms with van der Waals surface area (Å²) in [5.74, 6) is -0.846. The molecule has 2 amide bonds. The van der Waals surface area contributed by atoms with E-state index in [1.54, 1.807) is 29.3 Å².